The molecule has 9 heteroatoms. The van der Waals surface area contributed by atoms with Crippen LogP contribution in [0.25, 0.3) is 22.5 Å². The molecule has 0 atom stereocenters. The number of ether oxygens (including phenoxy) is 2. The summed E-state index contributed by atoms with van der Waals surface area (Å²) in [7, 11) is 0. The van der Waals surface area contributed by atoms with Gasteiger partial charge in [-0.15, -0.1) is 5.10 Å². The molecule has 0 bridgehead atoms. The summed E-state index contributed by atoms with van der Waals surface area (Å²) in [4.78, 5) is 26.7. The zero-order valence-electron chi connectivity index (χ0n) is 27.7. The molecule has 1 aliphatic rings. The smallest absolute Gasteiger partial charge is 0.229 e. The maximum Gasteiger partial charge on any atom is 0.229 e. The Kier molecular flexibility index (Phi) is 10.3. The third kappa shape index (κ3) is 8.76. The molecule has 44 heavy (non-hydrogen) atoms. The molecule has 1 aliphatic heterocycles. The first-order chi connectivity index (χ1) is 20.7. The summed E-state index contributed by atoms with van der Waals surface area (Å²) >= 11 is 0. The average Bonchev–Trinajstić information content (AvgIpc) is 3.35. The molecule has 0 saturated carbocycles. The van der Waals surface area contributed by atoms with Crippen molar-refractivity contribution in [1.29, 1.82) is 0 Å². The van der Waals surface area contributed by atoms with Gasteiger partial charge in [-0.25, -0.2) is 4.68 Å². The number of rotatable bonds is 12. The highest BCUT2D eigenvalue weighted by Gasteiger charge is 2.30. The molecular formula is C35H49N5O4. The van der Waals surface area contributed by atoms with Gasteiger partial charge in [-0.3, -0.25) is 9.59 Å². The van der Waals surface area contributed by atoms with Crippen LogP contribution in [0.1, 0.15) is 80.2 Å². The van der Waals surface area contributed by atoms with Gasteiger partial charge in [0.1, 0.15) is 5.69 Å². The highest BCUT2D eigenvalue weighted by atomic mass is 16.5. The molecule has 3 aromatic rings. The first-order valence-electron chi connectivity index (χ1n) is 15.6. The highest BCUT2D eigenvalue weighted by Crippen LogP contribution is 2.41. The van der Waals surface area contributed by atoms with Gasteiger partial charge in [0.15, 0.2) is 0 Å². The molecule has 2 amide bonds. The number of aryl methyl sites for hydroxylation is 1. The summed E-state index contributed by atoms with van der Waals surface area (Å²) in [6.45, 7) is 19.1. The van der Waals surface area contributed by atoms with E-state index in [-0.39, 0.29) is 41.4 Å². The Morgan fingerprint density at radius 1 is 0.886 bits per heavy atom. The second-order valence-electron chi connectivity index (χ2n) is 14.1. The summed E-state index contributed by atoms with van der Waals surface area (Å²) in [5.41, 5.74) is 4.79. The number of carbonyl (C=O) groups excluding carboxylic acids is 2. The molecule has 0 radical (unpaired) electrons. The van der Waals surface area contributed by atoms with E-state index in [1.54, 1.807) is 4.90 Å². The van der Waals surface area contributed by atoms with E-state index in [1.165, 1.54) is 6.92 Å². The van der Waals surface area contributed by atoms with Gasteiger partial charge >= 0.3 is 0 Å². The molecule has 0 saturated heterocycles. The van der Waals surface area contributed by atoms with E-state index >= 15 is 0 Å². The second kappa shape index (κ2) is 13.6. The summed E-state index contributed by atoms with van der Waals surface area (Å²) in [6.07, 6.45) is 1.74. The Morgan fingerprint density at radius 3 is 2.25 bits per heavy atom. The predicted octanol–water partition coefficient (Wildman–Crippen LogP) is 6.40. The van der Waals surface area contributed by atoms with Crippen molar-refractivity contribution >= 4 is 17.5 Å². The van der Waals surface area contributed by atoms with Crippen molar-refractivity contribution in [1.82, 2.24) is 20.3 Å². The number of aromatic nitrogens is 3. The lowest BCUT2D eigenvalue weighted by molar-refractivity contribution is -0.120. The lowest BCUT2D eigenvalue weighted by atomic mass is 9.95. The fourth-order valence-corrected chi connectivity index (χ4v) is 5.18. The average molecular weight is 604 g/mol. The summed E-state index contributed by atoms with van der Waals surface area (Å²) < 4.78 is 14.5. The molecule has 0 aliphatic carbocycles. The molecule has 2 aromatic carbocycles. The summed E-state index contributed by atoms with van der Waals surface area (Å²) in [6, 6.07) is 15.9. The van der Waals surface area contributed by atoms with E-state index in [1.807, 2.05) is 41.1 Å². The van der Waals surface area contributed by atoms with Crippen LogP contribution in [-0.2, 0) is 32.2 Å². The number of carbonyl (C=O) groups is 2. The molecule has 4 rings (SSSR count). The van der Waals surface area contributed by atoms with Crippen LogP contribution in [-0.4, -0.2) is 57.8 Å². The van der Waals surface area contributed by atoms with Crippen LogP contribution in [0.15, 0.2) is 48.5 Å². The molecule has 0 unspecified atom stereocenters. The molecule has 0 spiro atoms. The maximum absolute atomic E-state index is 13.5. The fraction of sp³-hybridized carbons (Fsp3) is 0.543. The standard InChI is InChI=1S/C35H49N5O4/c1-25(41)36-20-17-30(42)39-23-26-13-9-10-14-27(26)32-31(28-15-11-12-16-29(28)39)37-38-40(32)21-18-34(5,6)43-22-19-35(7,8)44-24-33(2,3)4/h9-16H,17-24H2,1-8H3,(H,36,41). The van der Waals surface area contributed by atoms with Gasteiger partial charge in [0.2, 0.25) is 11.8 Å². The number of benzene rings is 2. The molecule has 238 valence electrons. The van der Waals surface area contributed by atoms with Crippen molar-refractivity contribution in [3.63, 3.8) is 0 Å². The van der Waals surface area contributed by atoms with Crippen LogP contribution in [0.4, 0.5) is 5.69 Å². The van der Waals surface area contributed by atoms with Crippen molar-refractivity contribution in [2.75, 3.05) is 24.7 Å². The van der Waals surface area contributed by atoms with E-state index in [0.29, 0.717) is 26.3 Å². The number of hydrogen-bond acceptors (Lipinski definition) is 6. The van der Waals surface area contributed by atoms with Gasteiger partial charge in [-0.05, 0) is 57.6 Å². The number of anilines is 1. The first kappa shape index (κ1) is 33.3. The van der Waals surface area contributed by atoms with E-state index in [0.717, 1.165) is 46.6 Å². The normalized spacial score (nSPS) is 13.4. The zero-order valence-corrected chi connectivity index (χ0v) is 27.7. The quantitative estimate of drug-likeness (QED) is 0.257. The Labute approximate surface area is 262 Å². The van der Waals surface area contributed by atoms with E-state index in [4.69, 9.17) is 9.47 Å². The zero-order chi connectivity index (χ0) is 32.1. The largest absolute Gasteiger partial charge is 0.375 e. The van der Waals surface area contributed by atoms with E-state index in [2.05, 4.69) is 76.2 Å². The minimum Gasteiger partial charge on any atom is -0.375 e. The Bertz CT molecular complexity index is 1450. The van der Waals surface area contributed by atoms with Crippen molar-refractivity contribution in [3.8, 4) is 22.5 Å². The highest BCUT2D eigenvalue weighted by molar-refractivity contribution is 6.00. The van der Waals surface area contributed by atoms with Gasteiger partial charge < -0.3 is 19.7 Å². The van der Waals surface area contributed by atoms with Gasteiger partial charge in [-0.1, -0.05) is 68.4 Å². The van der Waals surface area contributed by atoms with Gasteiger partial charge in [-0.2, -0.15) is 0 Å². The Balaban J connectivity index is 1.55. The molecular weight excluding hydrogens is 554 g/mol. The lowest BCUT2D eigenvalue weighted by Crippen LogP contribution is -2.34. The van der Waals surface area contributed by atoms with Crippen molar-refractivity contribution in [3.05, 3.63) is 54.1 Å². The van der Waals surface area contributed by atoms with Gasteiger partial charge in [0, 0.05) is 37.6 Å². The molecule has 2 heterocycles. The monoisotopic (exact) mass is 603 g/mol. The topological polar surface area (TPSA) is 98.6 Å². The number of hydrogen-bond donors (Lipinski definition) is 1. The number of fused-ring (bicyclic) bond motifs is 5. The molecule has 1 aromatic heterocycles. The Morgan fingerprint density at radius 2 is 1.55 bits per heavy atom. The third-order valence-electron chi connectivity index (χ3n) is 7.82. The van der Waals surface area contributed by atoms with Crippen molar-refractivity contribution in [2.45, 2.75) is 98.9 Å². The molecule has 1 N–H and O–H groups in total. The van der Waals surface area contributed by atoms with Gasteiger partial charge in [0.25, 0.3) is 0 Å². The maximum atomic E-state index is 13.5. The SMILES string of the molecule is CC(=O)NCCC(=O)N1Cc2ccccc2-c2c(nnn2CCC(C)(C)OCCC(C)(C)OCC(C)(C)C)-c2ccccc21. The van der Waals surface area contributed by atoms with Crippen LogP contribution in [0, 0.1) is 5.41 Å². The number of nitrogens with one attached hydrogen (secondary N) is 1. The number of nitrogens with zero attached hydrogens (tertiary/aromatic N) is 4. The minimum atomic E-state index is -0.380. The predicted molar refractivity (Wildman–Crippen MR) is 174 cm³/mol. The number of para-hydroxylation sites is 1. The van der Waals surface area contributed by atoms with Crippen LogP contribution >= 0.6 is 0 Å². The van der Waals surface area contributed by atoms with Crippen molar-refractivity contribution in [2.24, 2.45) is 5.41 Å². The lowest BCUT2D eigenvalue weighted by Gasteiger charge is -2.32. The van der Waals surface area contributed by atoms with Crippen LogP contribution in [0.3, 0.4) is 0 Å². The summed E-state index contributed by atoms with van der Waals surface area (Å²) in [5, 5.41) is 12.0. The Hall–Kier alpha value is -3.56. The van der Waals surface area contributed by atoms with Crippen LogP contribution in [0.2, 0.25) is 0 Å². The minimum absolute atomic E-state index is 0.0669. The third-order valence-corrected chi connectivity index (χ3v) is 7.82. The van der Waals surface area contributed by atoms with Crippen LogP contribution in [0.5, 0.6) is 0 Å². The van der Waals surface area contributed by atoms with E-state index in [9.17, 15) is 9.59 Å². The van der Waals surface area contributed by atoms with Crippen LogP contribution < -0.4 is 10.2 Å². The fourth-order valence-electron chi connectivity index (χ4n) is 5.18. The molecule has 9 nitrogen and oxygen atoms in total. The molecule has 0 fully saturated rings. The van der Waals surface area contributed by atoms with Crippen molar-refractivity contribution < 1.29 is 19.1 Å². The van der Waals surface area contributed by atoms with Gasteiger partial charge in [0.05, 0.1) is 42.3 Å². The number of amides is 2. The van der Waals surface area contributed by atoms with E-state index < -0.39 is 0 Å². The summed E-state index contributed by atoms with van der Waals surface area (Å²) in [5.74, 6) is -0.220. The second-order valence-corrected chi connectivity index (χ2v) is 14.1. The first-order valence-corrected chi connectivity index (χ1v) is 15.6.